The lowest BCUT2D eigenvalue weighted by molar-refractivity contribution is -0.121. The average molecular weight is 607 g/mol. The lowest BCUT2D eigenvalue weighted by Gasteiger charge is -2.23. The average Bonchev–Trinajstić information content (AvgIpc) is 3.39. The number of hydrogen-bond donors (Lipinski definition) is 3. The van der Waals surface area contributed by atoms with Gasteiger partial charge < -0.3 is 25.0 Å². The summed E-state index contributed by atoms with van der Waals surface area (Å²) in [7, 11) is 1.55. The molecule has 1 amide bonds. The van der Waals surface area contributed by atoms with E-state index in [0.29, 0.717) is 49.8 Å². The van der Waals surface area contributed by atoms with Crippen LogP contribution in [0.25, 0.3) is 6.08 Å². The number of methoxy groups -OCH3 is 1. The zero-order valence-electron chi connectivity index (χ0n) is 24.7. The Morgan fingerprint density at radius 3 is 2.63 bits per heavy atom. The van der Waals surface area contributed by atoms with Crippen molar-refractivity contribution in [2.24, 2.45) is 0 Å². The van der Waals surface area contributed by atoms with Gasteiger partial charge in [-0.1, -0.05) is 24.3 Å². The van der Waals surface area contributed by atoms with E-state index in [1.165, 1.54) is 17.4 Å². The number of cyclic esters (lactones) is 1. The van der Waals surface area contributed by atoms with Crippen molar-refractivity contribution in [2.75, 3.05) is 7.11 Å². The zero-order chi connectivity index (χ0) is 30.9. The third kappa shape index (κ3) is 8.44. The van der Waals surface area contributed by atoms with Crippen LogP contribution in [0.2, 0.25) is 0 Å². The summed E-state index contributed by atoms with van der Waals surface area (Å²) in [6, 6.07) is 8.39. The molecule has 0 spiro atoms. The molecular formula is C33H38N2O7S. The van der Waals surface area contributed by atoms with E-state index in [4.69, 9.17) is 9.47 Å². The maximum atomic E-state index is 13.5. The zero-order valence-corrected chi connectivity index (χ0v) is 25.5. The van der Waals surface area contributed by atoms with E-state index >= 15 is 0 Å². The predicted octanol–water partition coefficient (Wildman–Crippen LogP) is 6.19. The normalized spacial score (nSPS) is 17.0. The number of hydrogen-bond acceptors (Lipinski definition) is 9. The summed E-state index contributed by atoms with van der Waals surface area (Å²) in [6.45, 7) is 3.87. The molecule has 2 unspecified atom stereocenters. The lowest BCUT2D eigenvalue weighted by Crippen LogP contribution is -2.25. The molecule has 3 aromatic rings. The number of aromatic hydroxyl groups is 2. The Hall–Kier alpha value is -4.18. The van der Waals surface area contributed by atoms with Crippen molar-refractivity contribution in [2.45, 2.75) is 77.4 Å². The highest BCUT2D eigenvalue weighted by Gasteiger charge is 2.31. The number of fused-ring (bicyclic) bond motifs is 1. The van der Waals surface area contributed by atoms with E-state index in [1.807, 2.05) is 18.4 Å². The summed E-state index contributed by atoms with van der Waals surface area (Å²) < 4.78 is 11.0. The molecule has 228 valence electrons. The molecule has 1 aliphatic heterocycles. The van der Waals surface area contributed by atoms with Crippen molar-refractivity contribution in [3.05, 3.63) is 74.7 Å². The quantitative estimate of drug-likeness (QED) is 0.271. The Kier molecular flexibility index (Phi) is 10.9. The van der Waals surface area contributed by atoms with Gasteiger partial charge in [0, 0.05) is 36.1 Å². The Labute approximate surface area is 255 Å². The second kappa shape index (κ2) is 14.8. The summed E-state index contributed by atoms with van der Waals surface area (Å²) in [5, 5.41) is 28.6. The molecule has 0 saturated carbocycles. The maximum Gasteiger partial charge on any atom is 0.342 e. The number of carbonyl (C=O) groups is 3. The number of esters is 1. The van der Waals surface area contributed by atoms with Crippen LogP contribution in [0, 0.1) is 6.92 Å². The number of aryl methyl sites for hydroxylation is 1. The number of aromatic nitrogens is 1. The summed E-state index contributed by atoms with van der Waals surface area (Å²) in [5.74, 6) is -1.79. The second-order valence-electron chi connectivity index (χ2n) is 10.7. The highest BCUT2D eigenvalue weighted by atomic mass is 32.1. The second-order valence-corrected chi connectivity index (χ2v) is 11.8. The number of ether oxygens (including phenoxy) is 2. The first-order valence-electron chi connectivity index (χ1n) is 14.5. The standard InChI is InChI=1S/C33H38N2O7S/c1-20-8-7-11-25(36)10-6-4-5-9-23-16-28(37)31(32(39)30(23)33(40)42-20)27(22-12-14-26(41-3)15-13-22)17-29(38)34-18-24-19-43-21(2)35-24/h5,9,12-16,19-20,27,37,39H,4,6-8,10-11,17-18H2,1-3H3,(H,34,38). The highest BCUT2D eigenvalue weighted by Crippen LogP contribution is 2.44. The van der Waals surface area contributed by atoms with Crippen LogP contribution < -0.4 is 10.1 Å². The van der Waals surface area contributed by atoms with Crippen LogP contribution in [0.15, 0.2) is 41.8 Å². The van der Waals surface area contributed by atoms with Crippen molar-refractivity contribution in [3.63, 3.8) is 0 Å². The van der Waals surface area contributed by atoms with Crippen LogP contribution in [-0.4, -0.2) is 46.1 Å². The van der Waals surface area contributed by atoms with E-state index in [9.17, 15) is 24.6 Å². The van der Waals surface area contributed by atoms with Gasteiger partial charge in [-0.25, -0.2) is 9.78 Å². The molecular weight excluding hydrogens is 568 g/mol. The number of phenolic OH excluding ortho intramolecular Hbond substituents is 2. The maximum absolute atomic E-state index is 13.5. The van der Waals surface area contributed by atoms with Gasteiger partial charge in [0.25, 0.3) is 0 Å². The number of carbonyl (C=O) groups excluding carboxylic acids is 3. The van der Waals surface area contributed by atoms with Crippen LogP contribution in [0.5, 0.6) is 17.2 Å². The van der Waals surface area contributed by atoms with Gasteiger partial charge in [-0.05, 0) is 68.9 Å². The van der Waals surface area contributed by atoms with Crippen molar-refractivity contribution < 1.29 is 34.1 Å². The monoisotopic (exact) mass is 606 g/mol. The van der Waals surface area contributed by atoms with E-state index in [0.717, 1.165) is 10.7 Å². The Balaban J connectivity index is 1.74. The number of allylic oxidation sites excluding steroid dienone is 1. The van der Waals surface area contributed by atoms with Crippen LogP contribution >= 0.6 is 11.3 Å². The smallest absolute Gasteiger partial charge is 0.342 e. The Morgan fingerprint density at radius 2 is 1.93 bits per heavy atom. The highest BCUT2D eigenvalue weighted by molar-refractivity contribution is 7.09. The molecule has 1 aromatic heterocycles. The molecule has 0 saturated heterocycles. The number of rotatable bonds is 7. The molecule has 9 nitrogen and oxygen atoms in total. The van der Waals surface area contributed by atoms with Crippen molar-refractivity contribution >= 4 is 35.1 Å². The van der Waals surface area contributed by atoms with Crippen LogP contribution in [0.1, 0.15) is 95.5 Å². The van der Waals surface area contributed by atoms with Gasteiger partial charge in [0.15, 0.2) is 0 Å². The SMILES string of the molecule is COc1ccc(C(CC(=O)NCc2csc(C)n2)c2c(O)cc3c(c2O)C(=O)OC(C)CCCC(=O)CCCC=C3)cc1. The minimum Gasteiger partial charge on any atom is -0.507 e. The first kappa shape index (κ1) is 31.7. The largest absolute Gasteiger partial charge is 0.507 e. The first-order chi connectivity index (χ1) is 20.7. The molecule has 2 aromatic carbocycles. The van der Waals surface area contributed by atoms with Crippen LogP contribution in [0.4, 0.5) is 0 Å². The molecule has 4 rings (SSSR count). The minimum atomic E-state index is -0.804. The van der Waals surface area contributed by atoms with Gasteiger partial charge in [0.05, 0.1) is 30.5 Å². The number of nitrogens with one attached hydrogen (secondary N) is 1. The topological polar surface area (TPSA) is 135 Å². The summed E-state index contributed by atoms with van der Waals surface area (Å²) >= 11 is 1.49. The third-order valence-electron chi connectivity index (χ3n) is 7.44. The molecule has 2 heterocycles. The van der Waals surface area contributed by atoms with E-state index in [2.05, 4.69) is 10.3 Å². The fourth-order valence-electron chi connectivity index (χ4n) is 5.18. The number of thiazole rings is 1. The Bertz CT molecular complexity index is 1480. The summed E-state index contributed by atoms with van der Waals surface area (Å²) in [5.41, 5.74) is 1.63. The third-order valence-corrected chi connectivity index (χ3v) is 8.26. The molecule has 0 radical (unpaired) electrons. The van der Waals surface area contributed by atoms with E-state index in [-0.39, 0.29) is 47.1 Å². The number of phenols is 2. The molecule has 1 aliphatic rings. The van der Waals surface area contributed by atoms with Gasteiger partial charge in [0.1, 0.15) is 28.6 Å². The number of Topliss-reactive ketones (excluding diaryl/α,β-unsaturated/α-hetero) is 1. The fraction of sp³-hybridized carbons (Fsp3) is 0.394. The number of benzene rings is 2. The fourth-order valence-corrected chi connectivity index (χ4v) is 5.79. The van der Waals surface area contributed by atoms with Crippen LogP contribution in [-0.2, 0) is 20.9 Å². The number of amides is 1. The van der Waals surface area contributed by atoms with Gasteiger partial charge in [-0.15, -0.1) is 11.3 Å². The van der Waals surface area contributed by atoms with Crippen molar-refractivity contribution in [3.8, 4) is 17.2 Å². The van der Waals surface area contributed by atoms with Gasteiger partial charge in [-0.2, -0.15) is 0 Å². The van der Waals surface area contributed by atoms with Gasteiger partial charge in [0.2, 0.25) is 5.91 Å². The molecule has 10 heteroatoms. The Morgan fingerprint density at radius 1 is 1.19 bits per heavy atom. The van der Waals surface area contributed by atoms with Gasteiger partial charge in [-0.3, -0.25) is 9.59 Å². The van der Waals surface area contributed by atoms with Crippen LogP contribution in [0.3, 0.4) is 0 Å². The molecule has 0 bridgehead atoms. The van der Waals surface area contributed by atoms with Crippen molar-refractivity contribution in [1.82, 2.24) is 10.3 Å². The van der Waals surface area contributed by atoms with E-state index in [1.54, 1.807) is 44.4 Å². The van der Waals surface area contributed by atoms with Crippen molar-refractivity contribution in [1.29, 1.82) is 0 Å². The molecule has 0 fully saturated rings. The number of nitrogens with zero attached hydrogens (tertiary/aromatic N) is 1. The first-order valence-corrected chi connectivity index (χ1v) is 15.3. The number of ketones is 1. The van der Waals surface area contributed by atoms with Gasteiger partial charge >= 0.3 is 5.97 Å². The molecule has 0 aliphatic carbocycles. The molecule has 3 N–H and O–H groups in total. The predicted molar refractivity (Wildman–Crippen MR) is 165 cm³/mol. The summed E-state index contributed by atoms with van der Waals surface area (Å²) in [6.07, 6.45) is 6.09. The minimum absolute atomic E-state index is 0.0493. The molecule has 2 atom stereocenters. The lowest BCUT2D eigenvalue weighted by atomic mass is 9.84. The molecule has 43 heavy (non-hydrogen) atoms. The van der Waals surface area contributed by atoms with E-state index < -0.39 is 23.7 Å². The summed E-state index contributed by atoms with van der Waals surface area (Å²) in [4.78, 5) is 43.2.